The molecule has 2 N–H and O–H groups in total. The normalized spacial score (nSPS) is 22.9. The molecule has 0 spiro atoms. The number of carbonyl (C=O) groups excluding carboxylic acids is 1. The molecule has 0 aliphatic carbocycles. The van der Waals surface area contributed by atoms with Crippen molar-refractivity contribution in [2.45, 2.75) is 31.9 Å². The molecule has 1 heterocycles. The lowest BCUT2D eigenvalue weighted by Gasteiger charge is -2.18. The van der Waals surface area contributed by atoms with Gasteiger partial charge in [-0.1, -0.05) is 0 Å². The summed E-state index contributed by atoms with van der Waals surface area (Å²) in [6.45, 7) is 2.58. The van der Waals surface area contributed by atoms with Crippen LogP contribution in [-0.4, -0.2) is 35.7 Å². The molecule has 2 atom stereocenters. The second-order valence-corrected chi connectivity index (χ2v) is 3.52. The molecule has 0 saturated carbocycles. The van der Waals surface area contributed by atoms with Crippen molar-refractivity contribution in [3.63, 3.8) is 0 Å². The van der Waals surface area contributed by atoms with Gasteiger partial charge in [-0.05, 0) is 19.8 Å². The van der Waals surface area contributed by atoms with E-state index in [0.717, 1.165) is 31.6 Å². The molecule has 5 heteroatoms. The molecule has 1 aliphatic rings. The summed E-state index contributed by atoms with van der Waals surface area (Å²) < 4.78 is 5.39. The zero-order valence-electron chi connectivity index (χ0n) is 8.60. The maximum atomic E-state index is 11.2. The van der Waals surface area contributed by atoms with Crippen LogP contribution in [0.1, 0.15) is 19.8 Å². The number of aliphatic carboxylic acids is 1. The van der Waals surface area contributed by atoms with Crippen LogP contribution in [-0.2, 0) is 14.3 Å². The Hall–Kier alpha value is -1.36. The van der Waals surface area contributed by atoms with Crippen molar-refractivity contribution < 1.29 is 19.4 Å². The molecule has 0 aromatic heterocycles. The van der Waals surface area contributed by atoms with Crippen molar-refractivity contribution in [1.82, 2.24) is 5.32 Å². The zero-order chi connectivity index (χ0) is 11.3. The topological polar surface area (TPSA) is 75.6 Å². The Bertz CT molecular complexity index is 269. The van der Waals surface area contributed by atoms with Crippen LogP contribution in [0.15, 0.2) is 12.2 Å². The number of rotatable bonds is 4. The van der Waals surface area contributed by atoms with Crippen molar-refractivity contribution in [1.29, 1.82) is 0 Å². The van der Waals surface area contributed by atoms with Gasteiger partial charge in [-0.3, -0.25) is 4.79 Å². The Morgan fingerprint density at radius 3 is 2.80 bits per heavy atom. The molecule has 84 valence electrons. The van der Waals surface area contributed by atoms with Gasteiger partial charge in [0.25, 0.3) is 0 Å². The Labute approximate surface area is 88.1 Å². The Morgan fingerprint density at radius 1 is 1.53 bits per heavy atom. The van der Waals surface area contributed by atoms with Gasteiger partial charge in [-0.25, -0.2) is 4.79 Å². The predicted octanol–water partition coefficient (Wildman–Crippen LogP) is 0.311. The van der Waals surface area contributed by atoms with E-state index in [0.29, 0.717) is 0 Å². The number of ether oxygens (including phenoxy) is 1. The van der Waals surface area contributed by atoms with Crippen LogP contribution in [0.25, 0.3) is 0 Å². The molecule has 0 aromatic rings. The molecule has 15 heavy (non-hydrogen) atoms. The van der Waals surface area contributed by atoms with Crippen LogP contribution in [0.5, 0.6) is 0 Å². The van der Waals surface area contributed by atoms with E-state index in [-0.39, 0.29) is 12.1 Å². The highest BCUT2D eigenvalue weighted by Gasteiger charge is 2.22. The van der Waals surface area contributed by atoms with E-state index < -0.39 is 11.9 Å². The van der Waals surface area contributed by atoms with Crippen LogP contribution >= 0.6 is 0 Å². The maximum Gasteiger partial charge on any atom is 0.328 e. The minimum absolute atomic E-state index is 0.0483. The lowest BCUT2D eigenvalue weighted by Crippen LogP contribution is -2.40. The fourth-order valence-electron chi connectivity index (χ4n) is 1.51. The van der Waals surface area contributed by atoms with Gasteiger partial charge in [0.1, 0.15) is 0 Å². The monoisotopic (exact) mass is 213 g/mol. The van der Waals surface area contributed by atoms with Crippen molar-refractivity contribution in [3.8, 4) is 0 Å². The van der Waals surface area contributed by atoms with Crippen molar-refractivity contribution in [2.24, 2.45) is 0 Å². The number of nitrogens with one attached hydrogen (secondary N) is 1. The average molecular weight is 213 g/mol. The molecule has 1 fully saturated rings. The zero-order valence-corrected chi connectivity index (χ0v) is 8.60. The third-order valence-corrected chi connectivity index (χ3v) is 2.27. The molecule has 1 amide bonds. The first-order valence-corrected chi connectivity index (χ1v) is 4.92. The predicted molar refractivity (Wildman–Crippen MR) is 53.4 cm³/mol. The molecule has 0 bridgehead atoms. The second kappa shape index (κ2) is 5.50. The molecular formula is C10H15NO4. The highest BCUT2D eigenvalue weighted by atomic mass is 16.5. The second-order valence-electron chi connectivity index (χ2n) is 3.52. The molecule has 0 radical (unpaired) electrons. The van der Waals surface area contributed by atoms with E-state index >= 15 is 0 Å². The molecule has 2 unspecified atom stereocenters. The van der Waals surface area contributed by atoms with E-state index in [1.165, 1.54) is 0 Å². The SMILES string of the molecule is CC(NC(=O)/C=C/C(=O)O)C1CCCO1. The first-order chi connectivity index (χ1) is 7.09. The molecule has 5 nitrogen and oxygen atoms in total. The quantitative estimate of drug-likeness (QED) is 0.659. The number of amides is 1. The van der Waals surface area contributed by atoms with Crippen LogP contribution in [0, 0.1) is 0 Å². The van der Waals surface area contributed by atoms with E-state index in [1.54, 1.807) is 0 Å². The summed E-state index contributed by atoms with van der Waals surface area (Å²) in [6, 6.07) is -0.0848. The minimum atomic E-state index is -1.13. The van der Waals surface area contributed by atoms with Gasteiger partial charge in [0, 0.05) is 18.8 Å². The van der Waals surface area contributed by atoms with Gasteiger partial charge < -0.3 is 15.2 Å². The van der Waals surface area contributed by atoms with Gasteiger partial charge in [0.15, 0.2) is 0 Å². The summed E-state index contributed by atoms with van der Waals surface area (Å²) in [6.07, 6.45) is 3.82. The lowest BCUT2D eigenvalue weighted by atomic mass is 10.1. The first kappa shape index (κ1) is 11.7. The average Bonchev–Trinajstić information content (AvgIpc) is 2.67. The van der Waals surface area contributed by atoms with Gasteiger partial charge in [-0.2, -0.15) is 0 Å². The number of hydrogen-bond donors (Lipinski definition) is 2. The van der Waals surface area contributed by atoms with Crippen molar-refractivity contribution in [3.05, 3.63) is 12.2 Å². The van der Waals surface area contributed by atoms with Crippen LogP contribution in [0.2, 0.25) is 0 Å². The van der Waals surface area contributed by atoms with Crippen LogP contribution < -0.4 is 5.32 Å². The Morgan fingerprint density at radius 2 is 2.27 bits per heavy atom. The molecule has 1 rings (SSSR count). The maximum absolute atomic E-state index is 11.2. The lowest BCUT2D eigenvalue weighted by molar-refractivity contribution is -0.131. The minimum Gasteiger partial charge on any atom is -0.478 e. The largest absolute Gasteiger partial charge is 0.478 e. The van der Waals surface area contributed by atoms with Crippen molar-refractivity contribution in [2.75, 3.05) is 6.61 Å². The Kier molecular flexibility index (Phi) is 4.30. The fraction of sp³-hybridized carbons (Fsp3) is 0.600. The standard InChI is InChI=1S/C10H15NO4/c1-7(8-3-2-6-15-8)11-9(12)4-5-10(13)14/h4-5,7-8H,2-3,6H2,1H3,(H,11,12)(H,13,14)/b5-4+. The summed E-state index contributed by atoms with van der Waals surface area (Å²) in [5.41, 5.74) is 0. The molecular weight excluding hydrogens is 198 g/mol. The third-order valence-electron chi connectivity index (χ3n) is 2.27. The van der Waals surface area contributed by atoms with Gasteiger partial charge in [-0.15, -0.1) is 0 Å². The van der Waals surface area contributed by atoms with E-state index in [1.807, 2.05) is 6.92 Å². The number of carboxylic acids is 1. The van der Waals surface area contributed by atoms with Gasteiger partial charge in [0.05, 0.1) is 12.1 Å². The highest BCUT2D eigenvalue weighted by Crippen LogP contribution is 2.15. The van der Waals surface area contributed by atoms with E-state index in [4.69, 9.17) is 9.84 Å². The summed E-state index contributed by atoms with van der Waals surface area (Å²) >= 11 is 0. The molecule has 0 aromatic carbocycles. The van der Waals surface area contributed by atoms with E-state index in [9.17, 15) is 9.59 Å². The van der Waals surface area contributed by atoms with Crippen LogP contribution in [0.3, 0.4) is 0 Å². The van der Waals surface area contributed by atoms with E-state index in [2.05, 4.69) is 5.32 Å². The summed E-state index contributed by atoms with van der Waals surface area (Å²) in [5.74, 6) is -1.53. The number of carboxylic acid groups (broad SMARTS) is 1. The Balaban J connectivity index is 2.33. The van der Waals surface area contributed by atoms with Crippen LogP contribution in [0.4, 0.5) is 0 Å². The smallest absolute Gasteiger partial charge is 0.328 e. The summed E-state index contributed by atoms with van der Waals surface area (Å²) in [4.78, 5) is 21.4. The highest BCUT2D eigenvalue weighted by molar-refractivity contribution is 5.93. The van der Waals surface area contributed by atoms with Gasteiger partial charge >= 0.3 is 5.97 Å². The fourth-order valence-corrected chi connectivity index (χ4v) is 1.51. The number of hydrogen-bond acceptors (Lipinski definition) is 3. The third kappa shape index (κ3) is 4.12. The van der Waals surface area contributed by atoms with Gasteiger partial charge in [0.2, 0.25) is 5.91 Å². The summed E-state index contributed by atoms with van der Waals surface area (Å²) in [5, 5.41) is 11.0. The molecule has 1 saturated heterocycles. The van der Waals surface area contributed by atoms with Crippen molar-refractivity contribution >= 4 is 11.9 Å². The summed E-state index contributed by atoms with van der Waals surface area (Å²) in [7, 11) is 0. The first-order valence-electron chi connectivity index (χ1n) is 4.92. The molecule has 1 aliphatic heterocycles. The number of carbonyl (C=O) groups is 2.